The highest BCUT2D eigenvalue weighted by Crippen LogP contribution is 2.27. The summed E-state index contributed by atoms with van der Waals surface area (Å²) in [5.41, 5.74) is 1.96. The molecule has 0 spiro atoms. The van der Waals surface area contributed by atoms with Gasteiger partial charge in [0.15, 0.2) is 0 Å². The van der Waals surface area contributed by atoms with Crippen LogP contribution >= 0.6 is 0 Å². The van der Waals surface area contributed by atoms with Crippen LogP contribution in [0.15, 0.2) is 18.2 Å². The Morgan fingerprint density at radius 2 is 2.19 bits per heavy atom. The maximum atomic E-state index is 12.1. The molecule has 1 unspecified atom stereocenters. The summed E-state index contributed by atoms with van der Waals surface area (Å²) in [4.78, 5) is 22.4. The number of anilines is 1. The molecule has 0 saturated heterocycles. The van der Waals surface area contributed by atoms with Crippen molar-refractivity contribution >= 4 is 17.3 Å². The van der Waals surface area contributed by atoms with Crippen LogP contribution in [-0.4, -0.2) is 44.3 Å². The summed E-state index contributed by atoms with van der Waals surface area (Å²) in [6, 6.07) is 4.11. The van der Waals surface area contributed by atoms with Gasteiger partial charge >= 0.3 is 0 Å². The van der Waals surface area contributed by atoms with Crippen molar-refractivity contribution in [1.29, 1.82) is 0 Å². The Hall–Kier alpha value is -2.23. The van der Waals surface area contributed by atoms with Crippen molar-refractivity contribution < 1.29 is 19.2 Å². The number of nitrogen functional groups attached to an aromatic ring is 1. The third-order valence-electron chi connectivity index (χ3n) is 2.80. The van der Waals surface area contributed by atoms with Crippen LogP contribution in [0.3, 0.4) is 0 Å². The second-order valence-corrected chi connectivity index (χ2v) is 4.12. The number of nitro groups is 1. The van der Waals surface area contributed by atoms with Crippen molar-refractivity contribution in [3.8, 4) is 0 Å². The minimum Gasteiger partial charge on any atom is -0.382 e. The van der Waals surface area contributed by atoms with Gasteiger partial charge < -0.3 is 20.2 Å². The zero-order valence-corrected chi connectivity index (χ0v) is 11.8. The van der Waals surface area contributed by atoms with Crippen molar-refractivity contribution in [3.05, 3.63) is 33.9 Å². The van der Waals surface area contributed by atoms with Gasteiger partial charge in [-0.15, -0.1) is 0 Å². The van der Waals surface area contributed by atoms with Crippen LogP contribution < -0.4 is 16.6 Å². The average molecular weight is 298 g/mol. The van der Waals surface area contributed by atoms with E-state index in [0.29, 0.717) is 6.61 Å². The SMILES string of the molecule is COCC(CNC(=O)c1cccc([N+](=O)[O-])c1NN)OC. The van der Waals surface area contributed by atoms with Gasteiger partial charge in [-0.1, -0.05) is 6.07 Å². The second kappa shape index (κ2) is 8.15. The zero-order chi connectivity index (χ0) is 15.8. The molecule has 1 atom stereocenters. The van der Waals surface area contributed by atoms with Gasteiger partial charge in [-0.25, -0.2) is 0 Å². The van der Waals surface area contributed by atoms with E-state index in [1.165, 1.54) is 32.4 Å². The molecule has 116 valence electrons. The summed E-state index contributed by atoms with van der Waals surface area (Å²) < 4.78 is 10.0. The number of nitrogens with one attached hydrogen (secondary N) is 2. The van der Waals surface area contributed by atoms with Crippen LogP contribution in [-0.2, 0) is 9.47 Å². The highest BCUT2D eigenvalue weighted by Gasteiger charge is 2.21. The molecule has 0 heterocycles. The molecule has 1 aromatic carbocycles. The highest BCUT2D eigenvalue weighted by atomic mass is 16.6. The minimum absolute atomic E-state index is 0.0410. The summed E-state index contributed by atoms with van der Waals surface area (Å²) in [6.07, 6.45) is -0.313. The Morgan fingerprint density at radius 1 is 1.48 bits per heavy atom. The van der Waals surface area contributed by atoms with Gasteiger partial charge in [0.1, 0.15) is 5.69 Å². The molecule has 0 aromatic heterocycles. The molecule has 0 saturated carbocycles. The van der Waals surface area contributed by atoms with Crippen LogP contribution in [0.1, 0.15) is 10.4 Å². The maximum absolute atomic E-state index is 12.1. The maximum Gasteiger partial charge on any atom is 0.294 e. The van der Waals surface area contributed by atoms with Crippen LogP contribution in [0.5, 0.6) is 0 Å². The Morgan fingerprint density at radius 3 is 2.71 bits per heavy atom. The summed E-state index contributed by atoms with van der Waals surface area (Å²) >= 11 is 0. The molecule has 1 amide bonds. The van der Waals surface area contributed by atoms with E-state index in [1.807, 2.05) is 0 Å². The lowest BCUT2D eigenvalue weighted by Crippen LogP contribution is -2.36. The van der Waals surface area contributed by atoms with Crippen LogP contribution in [0, 0.1) is 10.1 Å². The van der Waals surface area contributed by atoms with Crippen molar-refractivity contribution in [2.75, 3.05) is 32.8 Å². The molecule has 0 fully saturated rings. The monoisotopic (exact) mass is 298 g/mol. The number of hydrazine groups is 1. The first kappa shape index (κ1) is 16.8. The number of benzene rings is 1. The van der Waals surface area contributed by atoms with Gasteiger partial charge in [0, 0.05) is 26.8 Å². The van der Waals surface area contributed by atoms with Gasteiger partial charge in [-0.3, -0.25) is 20.8 Å². The third-order valence-corrected chi connectivity index (χ3v) is 2.80. The molecule has 0 radical (unpaired) electrons. The standard InChI is InChI=1S/C12H18N4O5/c1-20-7-8(21-2)6-14-12(17)9-4-3-5-10(16(18)19)11(9)15-13/h3-5,8,15H,6-7,13H2,1-2H3,(H,14,17). The topological polar surface area (TPSA) is 129 Å². The molecule has 1 rings (SSSR count). The fourth-order valence-electron chi connectivity index (χ4n) is 1.73. The van der Waals surface area contributed by atoms with Crippen molar-refractivity contribution in [3.63, 3.8) is 0 Å². The van der Waals surface area contributed by atoms with Crippen LogP contribution in [0.4, 0.5) is 11.4 Å². The van der Waals surface area contributed by atoms with Crippen molar-refractivity contribution in [2.24, 2.45) is 5.84 Å². The first-order valence-electron chi connectivity index (χ1n) is 6.09. The molecular weight excluding hydrogens is 280 g/mol. The normalized spacial score (nSPS) is 11.8. The number of carbonyl (C=O) groups excluding carboxylic acids is 1. The molecule has 4 N–H and O–H groups in total. The number of amides is 1. The third kappa shape index (κ3) is 4.38. The number of carbonyl (C=O) groups is 1. The first-order chi connectivity index (χ1) is 10.0. The minimum atomic E-state index is -0.616. The lowest BCUT2D eigenvalue weighted by molar-refractivity contribution is -0.384. The smallest absolute Gasteiger partial charge is 0.294 e. The molecule has 0 aliphatic carbocycles. The molecule has 0 bridgehead atoms. The van der Waals surface area contributed by atoms with Crippen molar-refractivity contribution in [2.45, 2.75) is 6.10 Å². The predicted octanol–water partition coefficient (Wildman–Crippen LogP) is 0.272. The Balaban J connectivity index is 2.87. The number of nitrogens with zero attached hydrogens (tertiary/aromatic N) is 1. The first-order valence-corrected chi connectivity index (χ1v) is 6.09. The number of hydrogen-bond donors (Lipinski definition) is 3. The lowest BCUT2D eigenvalue weighted by Gasteiger charge is -2.15. The van der Waals surface area contributed by atoms with E-state index < -0.39 is 10.8 Å². The number of hydrogen-bond acceptors (Lipinski definition) is 7. The summed E-state index contributed by atoms with van der Waals surface area (Å²) in [5.74, 6) is 4.78. The van der Waals surface area contributed by atoms with Gasteiger partial charge in [0.05, 0.1) is 23.2 Å². The van der Waals surface area contributed by atoms with Crippen LogP contribution in [0.25, 0.3) is 0 Å². The molecule has 1 aromatic rings. The second-order valence-electron chi connectivity index (χ2n) is 4.12. The quantitative estimate of drug-likeness (QED) is 0.357. The average Bonchev–Trinajstić information content (AvgIpc) is 2.49. The Bertz CT molecular complexity index is 508. The van der Waals surface area contributed by atoms with Gasteiger partial charge in [0.25, 0.3) is 11.6 Å². The van der Waals surface area contributed by atoms with E-state index in [-0.39, 0.29) is 29.6 Å². The number of para-hydroxylation sites is 1. The largest absolute Gasteiger partial charge is 0.382 e. The molecule has 9 heteroatoms. The summed E-state index contributed by atoms with van der Waals surface area (Å²) in [5, 5.41) is 13.5. The molecule has 0 aliphatic heterocycles. The van der Waals surface area contributed by atoms with Gasteiger partial charge in [-0.2, -0.15) is 0 Å². The number of ether oxygens (including phenoxy) is 2. The number of rotatable bonds is 8. The van der Waals surface area contributed by atoms with Crippen LogP contribution in [0.2, 0.25) is 0 Å². The molecular formula is C12H18N4O5. The summed E-state index contributed by atoms with van der Waals surface area (Å²) in [6.45, 7) is 0.517. The molecule has 9 nitrogen and oxygen atoms in total. The number of nitro benzene ring substituents is 1. The number of methoxy groups -OCH3 is 2. The van der Waals surface area contributed by atoms with Crippen molar-refractivity contribution in [1.82, 2.24) is 5.32 Å². The predicted molar refractivity (Wildman–Crippen MR) is 75.9 cm³/mol. The Kier molecular flexibility index (Phi) is 6.53. The number of nitrogens with two attached hydrogens (primary N) is 1. The van der Waals surface area contributed by atoms with Gasteiger partial charge in [-0.05, 0) is 6.07 Å². The highest BCUT2D eigenvalue weighted by molar-refractivity contribution is 6.01. The Labute approximate surface area is 121 Å². The van der Waals surface area contributed by atoms with E-state index >= 15 is 0 Å². The zero-order valence-electron chi connectivity index (χ0n) is 11.8. The fourth-order valence-corrected chi connectivity index (χ4v) is 1.73. The fraction of sp³-hybridized carbons (Fsp3) is 0.417. The molecule has 21 heavy (non-hydrogen) atoms. The molecule has 0 aliphatic rings. The van der Waals surface area contributed by atoms with E-state index in [9.17, 15) is 14.9 Å². The lowest BCUT2D eigenvalue weighted by atomic mass is 10.1. The van der Waals surface area contributed by atoms with E-state index in [1.54, 1.807) is 0 Å². The van der Waals surface area contributed by atoms with E-state index in [4.69, 9.17) is 15.3 Å². The van der Waals surface area contributed by atoms with Gasteiger partial charge in [0.2, 0.25) is 0 Å². The van der Waals surface area contributed by atoms with E-state index in [2.05, 4.69) is 10.7 Å². The summed E-state index contributed by atoms with van der Waals surface area (Å²) in [7, 11) is 3.01. The van der Waals surface area contributed by atoms with E-state index in [0.717, 1.165) is 0 Å².